The molecule has 0 rings (SSSR count). The van der Waals surface area contributed by atoms with Crippen molar-refractivity contribution >= 4 is 17.7 Å². The molecule has 0 bridgehead atoms. The predicted octanol–water partition coefficient (Wildman–Crippen LogP) is 2.34. The highest BCUT2D eigenvalue weighted by atomic mass is 32.2. The average molecular weight is 245 g/mol. The van der Waals surface area contributed by atoms with Crippen molar-refractivity contribution in [1.29, 1.82) is 0 Å². The highest BCUT2D eigenvalue weighted by Gasteiger charge is 2.15. The van der Waals surface area contributed by atoms with E-state index in [4.69, 9.17) is 0 Å². The molecule has 0 aliphatic heterocycles. The predicted molar refractivity (Wildman–Crippen MR) is 76.4 cm³/mol. The highest BCUT2D eigenvalue weighted by Crippen LogP contribution is 2.20. The molecule has 0 aliphatic rings. The van der Waals surface area contributed by atoms with E-state index in [1.807, 2.05) is 11.8 Å². The third-order valence-corrected chi connectivity index (χ3v) is 3.43. The van der Waals surface area contributed by atoms with E-state index in [-0.39, 0.29) is 4.75 Å². The normalized spacial score (nSPS) is 13.1. The topological polar surface area (TPSA) is 36.4 Å². The molecule has 0 aromatic rings. The van der Waals surface area contributed by atoms with Gasteiger partial charge in [-0.15, -0.1) is 0 Å². The number of hydrogen-bond donors (Lipinski definition) is 2. The van der Waals surface area contributed by atoms with Crippen molar-refractivity contribution in [3.05, 3.63) is 0 Å². The maximum absolute atomic E-state index is 4.60. The molecular formula is C12H27N3S. The van der Waals surface area contributed by atoms with Gasteiger partial charge in [0, 0.05) is 17.8 Å². The van der Waals surface area contributed by atoms with Gasteiger partial charge in [-0.2, -0.15) is 11.8 Å². The monoisotopic (exact) mass is 245 g/mol. The number of guanidine groups is 1. The maximum atomic E-state index is 4.60. The van der Waals surface area contributed by atoms with Gasteiger partial charge in [-0.3, -0.25) is 4.99 Å². The summed E-state index contributed by atoms with van der Waals surface area (Å²) < 4.78 is 0.209. The van der Waals surface area contributed by atoms with Crippen LogP contribution in [-0.4, -0.2) is 36.6 Å². The van der Waals surface area contributed by atoms with Crippen LogP contribution in [0.4, 0.5) is 0 Å². The molecule has 0 radical (unpaired) electrons. The van der Waals surface area contributed by atoms with E-state index in [0.717, 1.165) is 25.6 Å². The lowest BCUT2D eigenvalue weighted by Crippen LogP contribution is -2.40. The second-order valence-electron chi connectivity index (χ2n) is 4.93. The van der Waals surface area contributed by atoms with Crippen LogP contribution in [-0.2, 0) is 0 Å². The summed E-state index contributed by atoms with van der Waals surface area (Å²) in [6.45, 7) is 13.6. The highest BCUT2D eigenvalue weighted by molar-refractivity contribution is 7.99. The molecule has 4 heteroatoms. The van der Waals surface area contributed by atoms with Crippen molar-refractivity contribution in [3.8, 4) is 0 Å². The third-order valence-electron chi connectivity index (χ3n) is 2.19. The molecule has 0 aliphatic carbocycles. The van der Waals surface area contributed by atoms with Crippen LogP contribution in [0.25, 0.3) is 0 Å². The zero-order chi connectivity index (χ0) is 12.6. The van der Waals surface area contributed by atoms with Crippen LogP contribution in [0.3, 0.4) is 0 Å². The number of aliphatic imine (C=N–C) groups is 1. The smallest absolute Gasteiger partial charge is 0.191 e. The Morgan fingerprint density at radius 3 is 2.38 bits per heavy atom. The van der Waals surface area contributed by atoms with Gasteiger partial charge in [0.25, 0.3) is 0 Å². The Kier molecular flexibility index (Phi) is 7.64. The SMILES string of the molecule is CCNC(=NCC(C)(C)SC)NCC(C)C. The van der Waals surface area contributed by atoms with E-state index < -0.39 is 0 Å². The Balaban J connectivity index is 4.23. The molecule has 0 amide bonds. The molecule has 2 N–H and O–H groups in total. The summed E-state index contributed by atoms with van der Waals surface area (Å²) >= 11 is 1.85. The minimum Gasteiger partial charge on any atom is -0.357 e. The van der Waals surface area contributed by atoms with E-state index in [2.05, 4.69) is 56.5 Å². The van der Waals surface area contributed by atoms with Crippen LogP contribution in [0, 0.1) is 5.92 Å². The molecule has 0 atom stereocenters. The van der Waals surface area contributed by atoms with Crippen LogP contribution in [0.5, 0.6) is 0 Å². The number of thioether (sulfide) groups is 1. The Morgan fingerprint density at radius 2 is 1.94 bits per heavy atom. The van der Waals surface area contributed by atoms with Crippen LogP contribution in [0.1, 0.15) is 34.6 Å². The fourth-order valence-corrected chi connectivity index (χ4v) is 1.17. The molecule has 0 heterocycles. The lowest BCUT2D eigenvalue weighted by atomic mass is 10.2. The Labute approximate surface area is 105 Å². The van der Waals surface area contributed by atoms with Gasteiger partial charge < -0.3 is 10.6 Å². The minimum absolute atomic E-state index is 0.209. The fraction of sp³-hybridized carbons (Fsp3) is 0.917. The summed E-state index contributed by atoms with van der Waals surface area (Å²) in [5, 5.41) is 6.61. The van der Waals surface area contributed by atoms with Gasteiger partial charge in [-0.25, -0.2) is 0 Å². The van der Waals surface area contributed by atoms with E-state index in [1.54, 1.807) is 0 Å². The van der Waals surface area contributed by atoms with E-state index in [1.165, 1.54) is 0 Å². The van der Waals surface area contributed by atoms with Crippen molar-refractivity contribution in [1.82, 2.24) is 10.6 Å². The summed E-state index contributed by atoms with van der Waals surface area (Å²) in [5.74, 6) is 1.57. The fourth-order valence-electron chi connectivity index (χ4n) is 0.977. The van der Waals surface area contributed by atoms with Crippen molar-refractivity contribution in [3.63, 3.8) is 0 Å². The molecule has 0 aromatic carbocycles. The zero-order valence-electron chi connectivity index (χ0n) is 11.6. The lowest BCUT2D eigenvalue weighted by molar-refractivity contribution is 0.612. The third kappa shape index (κ3) is 7.85. The molecule has 0 saturated carbocycles. The summed E-state index contributed by atoms with van der Waals surface area (Å²) in [6, 6.07) is 0. The van der Waals surface area contributed by atoms with Gasteiger partial charge in [0.2, 0.25) is 0 Å². The summed E-state index contributed by atoms with van der Waals surface area (Å²) in [4.78, 5) is 4.60. The number of rotatable bonds is 6. The molecular weight excluding hydrogens is 218 g/mol. The van der Waals surface area contributed by atoms with Gasteiger partial charge >= 0.3 is 0 Å². The summed E-state index contributed by atoms with van der Waals surface area (Å²) in [6.07, 6.45) is 2.13. The van der Waals surface area contributed by atoms with Crippen molar-refractivity contribution in [2.75, 3.05) is 25.9 Å². The maximum Gasteiger partial charge on any atom is 0.191 e. The molecule has 16 heavy (non-hydrogen) atoms. The number of nitrogens with one attached hydrogen (secondary N) is 2. The first-order valence-corrected chi connectivity index (χ1v) is 7.21. The summed E-state index contributed by atoms with van der Waals surface area (Å²) in [7, 11) is 0. The Hall–Kier alpha value is -0.380. The second kappa shape index (κ2) is 7.82. The standard InChI is InChI=1S/C12H27N3S/c1-7-13-11(14-8-10(2)3)15-9-12(4,5)16-6/h10H,7-9H2,1-6H3,(H2,13,14,15). The largest absolute Gasteiger partial charge is 0.357 e. The summed E-state index contributed by atoms with van der Waals surface area (Å²) in [5.41, 5.74) is 0. The van der Waals surface area contributed by atoms with Gasteiger partial charge in [-0.05, 0) is 32.9 Å². The van der Waals surface area contributed by atoms with E-state index in [0.29, 0.717) is 5.92 Å². The zero-order valence-corrected chi connectivity index (χ0v) is 12.4. The minimum atomic E-state index is 0.209. The van der Waals surface area contributed by atoms with Gasteiger partial charge in [0.05, 0.1) is 6.54 Å². The van der Waals surface area contributed by atoms with Crippen LogP contribution >= 0.6 is 11.8 Å². The molecule has 0 spiro atoms. The molecule has 3 nitrogen and oxygen atoms in total. The first-order valence-electron chi connectivity index (χ1n) is 5.98. The van der Waals surface area contributed by atoms with E-state index >= 15 is 0 Å². The van der Waals surface area contributed by atoms with Crippen LogP contribution in [0.15, 0.2) is 4.99 Å². The number of hydrogen-bond acceptors (Lipinski definition) is 2. The van der Waals surface area contributed by atoms with E-state index in [9.17, 15) is 0 Å². The van der Waals surface area contributed by atoms with Crippen molar-refractivity contribution in [2.24, 2.45) is 10.9 Å². The molecule has 0 unspecified atom stereocenters. The number of nitrogens with zero attached hydrogens (tertiary/aromatic N) is 1. The van der Waals surface area contributed by atoms with Crippen molar-refractivity contribution < 1.29 is 0 Å². The molecule has 0 saturated heterocycles. The van der Waals surface area contributed by atoms with Crippen LogP contribution < -0.4 is 10.6 Å². The Morgan fingerprint density at radius 1 is 1.31 bits per heavy atom. The second-order valence-corrected chi connectivity index (χ2v) is 6.45. The van der Waals surface area contributed by atoms with Crippen molar-refractivity contribution in [2.45, 2.75) is 39.4 Å². The van der Waals surface area contributed by atoms with Crippen LogP contribution in [0.2, 0.25) is 0 Å². The first kappa shape index (κ1) is 15.6. The van der Waals surface area contributed by atoms with Gasteiger partial charge in [0.15, 0.2) is 5.96 Å². The van der Waals surface area contributed by atoms with Gasteiger partial charge in [0.1, 0.15) is 0 Å². The Bertz CT molecular complexity index is 212. The molecule has 0 aromatic heterocycles. The molecule has 0 fully saturated rings. The molecule has 96 valence electrons. The lowest BCUT2D eigenvalue weighted by Gasteiger charge is -2.20. The first-order chi connectivity index (χ1) is 7.41. The average Bonchev–Trinajstić information content (AvgIpc) is 2.22. The van der Waals surface area contributed by atoms with Gasteiger partial charge in [-0.1, -0.05) is 13.8 Å². The quantitative estimate of drug-likeness (QED) is 0.557.